The molecule has 34 heavy (non-hydrogen) atoms. The van der Waals surface area contributed by atoms with E-state index in [1.54, 1.807) is 30.3 Å². The van der Waals surface area contributed by atoms with E-state index in [1.165, 1.54) is 29.7 Å². The van der Waals surface area contributed by atoms with Crippen molar-refractivity contribution in [3.05, 3.63) is 58.4 Å². The number of aromatic nitrogens is 2. The molecule has 0 atom stereocenters. The molecule has 5 rings (SSSR count). The van der Waals surface area contributed by atoms with Crippen molar-refractivity contribution in [2.24, 2.45) is 9.98 Å². The van der Waals surface area contributed by atoms with E-state index in [2.05, 4.69) is 24.7 Å². The topological polar surface area (TPSA) is 137 Å². The minimum absolute atomic E-state index is 0.108. The second kappa shape index (κ2) is 8.99. The van der Waals surface area contributed by atoms with Crippen LogP contribution >= 0.6 is 11.3 Å². The maximum Gasteiger partial charge on any atom is 0.262 e. The molecule has 0 amide bonds. The molecule has 174 valence electrons. The molecule has 0 radical (unpaired) electrons. The lowest BCUT2D eigenvalue weighted by molar-refractivity contribution is 0.452. The van der Waals surface area contributed by atoms with Crippen LogP contribution in [0.3, 0.4) is 0 Å². The molecule has 11 heteroatoms. The predicted molar refractivity (Wildman–Crippen MR) is 134 cm³/mol. The molecule has 0 unspecified atom stereocenters. The van der Waals surface area contributed by atoms with Gasteiger partial charge in [0.2, 0.25) is 11.0 Å². The Hall–Kier alpha value is -3.57. The summed E-state index contributed by atoms with van der Waals surface area (Å²) >= 11 is 1.29. The molecule has 4 aromatic rings. The van der Waals surface area contributed by atoms with Crippen molar-refractivity contribution in [3.63, 3.8) is 0 Å². The summed E-state index contributed by atoms with van der Waals surface area (Å²) in [4.78, 5) is 27.7. The summed E-state index contributed by atoms with van der Waals surface area (Å²) in [5.41, 5.74) is 0.479. The molecule has 1 aliphatic rings. The monoisotopic (exact) mass is 495 g/mol. The summed E-state index contributed by atoms with van der Waals surface area (Å²) < 4.78 is 29.1. The minimum Gasteiger partial charge on any atom is -0.494 e. The number of pyridine rings is 1. The lowest BCUT2D eigenvalue weighted by Crippen LogP contribution is -2.30. The van der Waals surface area contributed by atoms with Crippen molar-refractivity contribution < 1.29 is 13.5 Å². The van der Waals surface area contributed by atoms with Gasteiger partial charge in [-0.2, -0.15) is 0 Å². The first kappa shape index (κ1) is 22.2. The second-order valence-electron chi connectivity index (χ2n) is 7.89. The van der Waals surface area contributed by atoms with Gasteiger partial charge in [-0.15, -0.1) is 0 Å². The fourth-order valence-corrected chi connectivity index (χ4v) is 5.73. The summed E-state index contributed by atoms with van der Waals surface area (Å²) in [6.07, 6.45) is 4.97. The van der Waals surface area contributed by atoms with Gasteiger partial charge in [0.05, 0.1) is 20.7 Å². The molecule has 0 fully saturated rings. The molecule has 0 aliphatic carbocycles. The zero-order chi connectivity index (χ0) is 23.7. The lowest BCUT2D eigenvalue weighted by Gasteiger charge is -2.09. The summed E-state index contributed by atoms with van der Waals surface area (Å²) in [6.45, 7) is 0.629. The van der Waals surface area contributed by atoms with Crippen LogP contribution in [0.5, 0.6) is 5.88 Å². The van der Waals surface area contributed by atoms with Gasteiger partial charge in [0.25, 0.3) is 15.6 Å². The Morgan fingerprint density at radius 3 is 2.79 bits per heavy atom. The van der Waals surface area contributed by atoms with Crippen molar-refractivity contribution in [1.29, 1.82) is 0 Å². The first-order valence-corrected chi connectivity index (χ1v) is 13.1. The zero-order valence-corrected chi connectivity index (χ0v) is 19.6. The summed E-state index contributed by atoms with van der Waals surface area (Å²) in [5.74, 6) is 0.212. The van der Waals surface area contributed by atoms with Crippen LogP contribution in [0.4, 0.5) is 5.13 Å². The third-order valence-corrected chi connectivity index (χ3v) is 7.86. The molecule has 3 N–H and O–H groups in total. The minimum atomic E-state index is -3.77. The van der Waals surface area contributed by atoms with Gasteiger partial charge in [0.15, 0.2) is 0 Å². The number of hydrogen-bond donors (Lipinski definition) is 3. The molecule has 9 nitrogen and oxygen atoms in total. The quantitative estimate of drug-likeness (QED) is 0.369. The van der Waals surface area contributed by atoms with Gasteiger partial charge in [-0.1, -0.05) is 36.0 Å². The fourth-order valence-electron chi connectivity index (χ4n) is 3.83. The van der Waals surface area contributed by atoms with Crippen LogP contribution in [0, 0.1) is 0 Å². The van der Waals surface area contributed by atoms with Crippen LogP contribution in [-0.2, 0) is 10.0 Å². The summed E-state index contributed by atoms with van der Waals surface area (Å²) in [7, 11) is -3.77. The largest absolute Gasteiger partial charge is 0.494 e. The van der Waals surface area contributed by atoms with Crippen molar-refractivity contribution in [1.82, 2.24) is 14.7 Å². The van der Waals surface area contributed by atoms with Gasteiger partial charge in [-0.05, 0) is 37.1 Å². The normalized spacial score (nSPS) is 15.0. The van der Waals surface area contributed by atoms with Crippen molar-refractivity contribution >= 4 is 59.5 Å². The molecule has 0 bridgehead atoms. The van der Waals surface area contributed by atoms with Crippen LogP contribution in [0.1, 0.15) is 31.2 Å². The Morgan fingerprint density at radius 2 is 1.94 bits per heavy atom. The summed E-state index contributed by atoms with van der Waals surface area (Å²) in [6, 6.07) is 11.7. The molecule has 2 aromatic carbocycles. The standard InChI is InChI=1S/C23H21N5O4S2/c29-21-16-7-4-3-6-15(16)17(22(30)27-21)13-25-23-26-18-12-14(9-10-19(18)33-23)34(31,32)28-20-8-2-1-5-11-24-20/h3-4,6-7,9-10,12-13H,1-2,5,8,11H2,(H,24,28)(H2,27,29,30)/b25-13+. The first-order valence-electron chi connectivity index (χ1n) is 10.8. The number of benzene rings is 2. The van der Waals surface area contributed by atoms with Gasteiger partial charge in [-0.3, -0.25) is 19.5 Å². The molecule has 2 aromatic heterocycles. The highest BCUT2D eigenvalue weighted by Crippen LogP contribution is 2.30. The average molecular weight is 496 g/mol. The van der Waals surface area contributed by atoms with Gasteiger partial charge >= 0.3 is 0 Å². The maximum absolute atomic E-state index is 12.9. The van der Waals surface area contributed by atoms with E-state index in [0.29, 0.717) is 45.8 Å². The van der Waals surface area contributed by atoms with Crippen LogP contribution in [0.25, 0.3) is 21.0 Å². The van der Waals surface area contributed by atoms with E-state index >= 15 is 0 Å². The van der Waals surface area contributed by atoms with E-state index in [1.807, 2.05) is 0 Å². The number of hydrogen-bond acceptors (Lipinski definition) is 8. The number of H-pyrrole nitrogens is 1. The van der Waals surface area contributed by atoms with Crippen LogP contribution in [0.2, 0.25) is 0 Å². The first-order chi connectivity index (χ1) is 16.4. The Morgan fingerprint density at radius 1 is 1.12 bits per heavy atom. The van der Waals surface area contributed by atoms with E-state index in [-0.39, 0.29) is 16.3 Å². The Labute approximate surface area is 199 Å². The number of nitrogens with zero attached hydrogens (tertiary/aromatic N) is 3. The van der Waals surface area contributed by atoms with E-state index in [4.69, 9.17) is 0 Å². The Bertz CT molecular complexity index is 1620. The van der Waals surface area contributed by atoms with Gasteiger partial charge in [-0.25, -0.2) is 18.4 Å². The third kappa shape index (κ3) is 4.44. The second-order valence-corrected chi connectivity index (χ2v) is 10.6. The van der Waals surface area contributed by atoms with E-state index in [9.17, 15) is 18.3 Å². The van der Waals surface area contributed by atoms with E-state index in [0.717, 1.165) is 24.0 Å². The van der Waals surface area contributed by atoms with Crippen molar-refractivity contribution in [2.45, 2.75) is 30.6 Å². The highest BCUT2D eigenvalue weighted by Gasteiger charge is 2.19. The maximum atomic E-state index is 12.9. The SMILES string of the molecule is O=c1[nH]c(O)c(/C=N/c2nc3cc(S(=O)(=O)NC4=NCCCCC4)ccc3s2)c2ccccc12. The zero-order valence-electron chi connectivity index (χ0n) is 18.0. The molecule has 1 aliphatic heterocycles. The number of thiazole rings is 1. The average Bonchev–Trinajstić information content (AvgIpc) is 3.06. The van der Waals surface area contributed by atoms with Crippen molar-refractivity contribution in [3.8, 4) is 5.88 Å². The molecule has 0 spiro atoms. The predicted octanol–water partition coefficient (Wildman–Crippen LogP) is 3.84. The van der Waals surface area contributed by atoms with E-state index < -0.39 is 10.0 Å². The number of rotatable bonds is 4. The number of aromatic hydroxyl groups is 1. The fraction of sp³-hybridized carbons (Fsp3) is 0.217. The number of aromatic amines is 1. The number of fused-ring (bicyclic) bond motifs is 2. The Balaban J connectivity index is 1.45. The highest BCUT2D eigenvalue weighted by molar-refractivity contribution is 7.90. The van der Waals surface area contributed by atoms with Gasteiger partial charge < -0.3 is 5.11 Å². The van der Waals surface area contributed by atoms with Crippen LogP contribution < -0.4 is 10.3 Å². The number of aliphatic imine (C=N–C) groups is 2. The van der Waals surface area contributed by atoms with Crippen LogP contribution in [0.15, 0.2) is 62.1 Å². The van der Waals surface area contributed by atoms with Gasteiger partial charge in [0, 0.05) is 30.0 Å². The molecular weight excluding hydrogens is 474 g/mol. The third-order valence-electron chi connectivity index (χ3n) is 5.54. The van der Waals surface area contributed by atoms with Crippen molar-refractivity contribution in [2.75, 3.05) is 6.54 Å². The van der Waals surface area contributed by atoms with Gasteiger partial charge in [0.1, 0.15) is 5.84 Å². The molecule has 0 saturated carbocycles. The van der Waals surface area contributed by atoms with Crippen LogP contribution in [-0.4, -0.2) is 42.1 Å². The number of amidine groups is 1. The molecular formula is C23H21N5O4S2. The molecule has 3 heterocycles. The lowest BCUT2D eigenvalue weighted by atomic mass is 10.1. The summed E-state index contributed by atoms with van der Waals surface area (Å²) in [5, 5.41) is 11.6. The highest BCUT2D eigenvalue weighted by atomic mass is 32.2. The molecule has 0 saturated heterocycles. The number of sulfonamides is 1. The Kier molecular flexibility index (Phi) is 5.88. The smallest absolute Gasteiger partial charge is 0.262 e. The number of nitrogens with one attached hydrogen (secondary N) is 2.